The van der Waals surface area contributed by atoms with Gasteiger partial charge in [-0.2, -0.15) is 0 Å². The van der Waals surface area contributed by atoms with Crippen molar-refractivity contribution in [3.8, 4) is 17.6 Å². The van der Waals surface area contributed by atoms with Crippen LogP contribution in [0.3, 0.4) is 0 Å². The molecule has 0 radical (unpaired) electrons. The van der Waals surface area contributed by atoms with E-state index in [9.17, 15) is 19.4 Å². The van der Waals surface area contributed by atoms with Gasteiger partial charge in [-0.15, -0.1) is 0 Å². The molecule has 3 N–H and O–H groups in total. The Labute approximate surface area is 246 Å². The Hall–Kier alpha value is -3.94. The van der Waals surface area contributed by atoms with Crippen LogP contribution in [-0.4, -0.2) is 103 Å². The third-order valence-corrected chi connectivity index (χ3v) is 8.03. The second kappa shape index (κ2) is 12.9. The number of rotatable bonds is 5. The molecule has 2 unspecified atom stereocenters. The number of nitrogens with zero attached hydrogens (tertiary/aromatic N) is 3. The van der Waals surface area contributed by atoms with E-state index in [1.807, 2.05) is 38.4 Å². The molecule has 2 fully saturated rings. The number of ether oxygens (including phenoxy) is 1. The summed E-state index contributed by atoms with van der Waals surface area (Å²) in [6.07, 6.45) is -2.07. The fourth-order valence-electron chi connectivity index (χ4n) is 5.86. The Morgan fingerprint density at radius 3 is 2.33 bits per heavy atom. The molecule has 8 nitrogen and oxygen atoms in total. The third kappa shape index (κ3) is 6.58. The highest BCUT2D eigenvalue weighted by molar-refractivity contribution is 5.89. The number of carbonyl (C=O) groups excluding carboxylic acids is 1. The summed E-state index contributed by atoms with van der Waals surface area (Å²) in [6, 6.07) is 21.1. The lowest BCUT2D eigenvalue weighted by Gasteiger charge is -2.59. The number of hydrogen-bond acceptors (Lipinski definition) is 6. The summed E-state index contributed by atoms with van der Waals surface area (Å²) in [5.74, 6) is 6.37. The van der Waals surface area contributed by atoms with Crippen LogP contribution in [0.5, 0.6) is 5.75 Å². The molecule has 3 aromatic carbocycles. The van der Waals surface area contributed by atoms with Crippen LogP contribution < -0.4 is 10.1 Å². The first-order valence-corrected chi connectivity index (χ1v) is 14.1. The van der Waals surface area contributed by atoms with Gasteiger partial charge < -0.3 is 30.1 Å². The number of nitrogens with one attached hydrogen (secondary N) is 1. The van der Waals surface area contributed by atoms with Crippen molar-refractivity contribution in [3.05, 3.63) is 95.3 Å². The first kappa shape index (κ1) is 29.5. The smallest absolute Gasteiger partial charge is 0.321 e. The van der Waals surface area contributed by atoms with Crippen molar-refractivity contribution in [1.29, 1.82) is 0 Å². The lowest BCUT2D eigenvalue weighted by Crippen LogP contribution is -2.71. The molecule has 0 aromatic heterocycles. The van der Waals surface area contributed by atoms with E-state index in [-0.39, 0.29) is 36.4 Å². The number of β-amino-alcohol motifs (C(OH)–C–C–N with tert-alkyl or cyclic N) is 1. The Bertz CT molecular complexity index is 1440. The van der Waals surface area contributed by atoms with Gasteiger partial charge in [-0.3, -0.25) is 4.90 Å². The molecule has 42 heavy (non-hydrogen) atoms. The van der Waals surface area contributed by atoms with Crippen LogP contribution in [0.4, 0.5) is 14.9 Å². The third-order valence-electron chi connectivity index (χ3n) is 8.03. The van der Waals surface area contributed by atoms with E-state index < -0.39 is 12.2 Å². The maximum atomic E-state index is 14.0. The average molecular weight is 573 g/mol. The highest BCUT2D eigenvalue weighted by Crippen LogP contribution is 2.42. The minimum absolute atomic E-state index is 0.0170. The molecular formula is C33H37FN4O4. The van der Waals surface area contributed by atoms with E-state index in [0.29, 0.717) is 30.1 Å². The molecule has 9 heteroatoms. The van der Waals surface area contributed by atoms with E-state index >= 15 is 0 Å². The van der Waals surface area contributed by atoms with E-state index in [4.69, 9.17) is 4.74 Å². The number of likely N-dealkylation sites (N-methyl/N-ethyl adjacent to an activating group) is 1. The zero-order chi connectivity index (χ0) is 29.8. The fraction of sp³-hybridized carbons (Fsp3) is 0.364. The van der Waals surface area contributed by atoms with Crippen molar-refractivity contribution in [1.82, 2.24) is 14.7 Å². The first-order valence-electron chi connectivity index (χ1n) is 14.1. The normalized spacial score (nSPS) is 24.0. The second-order valence-corrected chi connectivity index (χ2v) is 11.2. The number of methoxy groups -OCH3 is 1. The first-order chi connectivity index (χ1) is 20.2. The summed E-state index contributed by atoms with van der Waals surface area (Å²) < 4.78 is 19.2. The van der Waals surface area contributed by atoms with Crippen molar-refractivity contribution in [2.45, 2.75) is 30.2 Å². The predicted octanol–water partition coefficient (Wildman–Crippen LogP) is 3.20. The molecule has 2 amide bonds. The van der Waals surface area contributed by atoms with Crippen LogP contribution in [0.2, 0.25) is 0 Å². The molecule has 0 aliphatic carbocycles. The number of aliphatic hydroxyl groups is 2. The molecule has 0 spiro atoms. The lowest BCUT2D eigenvalue weighted by molar-refractivity contribution is -0.105. The number of carbonyl (C=O) groups is 1. The molecule has 2 heterocycles. The molecule has 2 saturated heterocycles. The van der Waals surface area contributed by atoms with Gasteiger partial charge in [0.15, 0.2) is 0 Å². The molecule has 0 bridgehead atoms. The van der Waals surface area contributed by atoms with Crippen molar-refractivity contribution in [2.75, 3.05) is 52.7 Å². The van der Waals surface area contributed by atoms with Gasteiger partial charge in [0.05, 0.1) is 31.4 Å². The second-order valence-electron chi connectivity index (χ2n) is 11.2. The minimum Gasteiger partial charge on any atom is -0.497 e. The van der Waals surface area contributed by atoms with Crippen LogP contribution in [0.15, 0.2) is 72.8 Å². The van der Waals surface area contributed by atoms with Crippen molar-refractivity contribution in [3.63, 3.8) is 0 Å². The predicted molar refractivity (Wildman–Crippen MR) is 160 cm³/mol. The van der Waals surface area contributed by atoms with Crippen LogP contribution in [-0.2, 0) is 0 Å². The molecule has 5 rings (SSSR count). The van der Waals surface area contributed by atoms with Gasteiger partial charge in [0.25, 0.3) is 0 Å². The quantitative estimate of drug-likeness (QED) is 0.407. The number of urea groups is 1. The zero-order valence-electron chi connectivity index (χ0n) is 24.1. The van der Waals surface area contributed by atoms with E-state index in [1.54, 1.807) is 54.5 Å². The number of halogens is 1. The van der Waals surface area contributed by atoms with Crippen LogP contribution in [0, 0.1) is 17.7 Å². The van der Waals surface area contributed by atoms with Gasteiger partial charge in [-0.25, -0.2) is 9.18 Å². The number of anilines is 1. The van der Waals surface area contributed by atoms with Crippen LogP contribution in [0.1, 0.15) is 22.6 Å². The van der Waals surface area contributed by atoms with Gasteiger partial charge in [-0.1, -0.05) is 36.1 Å². The Morgan fingerprint density at radius 1 is 0.976 bits per heavy atom. The summed E-state index contributed by atoms with van der Waals surface area (Å²) in [4.78, 5) is 19.3. The largest absolute Gasteiger partial charge is 0.497 e. The highest BCUT2D eigenvalue weighted by atomic mass is 19.1. The van der Waals surface area contributed by atoms with Crippen molar-refractivity contribution < 1.29 is 24.1 Å². The summed E-state index contributed by atoms with van der Waals surface area (Å²) >= 11 is 0. The van der Waals surface area contributed by atoms with E-state index in [1.165, 1.54) is 6.07 Å². The summed E-state index contributed by atoms with van der Waals surface area (Å²) in [7, 11) is 5.60. The molecule has 2 aliphatic rings. The van der Waals surface area contributed by atoms with Crippen molar-refractivity contribution >= 4 is 11.7 Å². The minimum atomic E-state index is -1.07. The highest BCUT2D eigenvalue weighted by Gasteiger charge is 2.51. The maximum absolute atomic E-state index is 14.0. The van der Waals surface area contributed by atoms with Gasteiger partial charge in [0, 0.05) is 48.9 Å². The number of aliphatic hydroxyl groups excluding tert-OH is 2. The van der Waals surface area contributed by atoms with E-state index in [0.717, 1.165) is 17.7 Å². The zero-order valence-corrected chi connectivity index (χ0v) is 24.1. The molecule has 3 aromatic rings. The fourth-order valence-corrected chi connectivity index (χ4v) is 5.86. The van der Waals surface area contributed by atoms with Crippen LogP contribution in [0.25, 0.3) is 0 Å². The monoisotopic (exact) mass is 572 g/mol. The number of hydrogen-bond donors (Lipinski definition) is 3. The maximum Gasteiger partial charge on any atom is 0.321 e. The molecular weight excluding hydrogens is 535 g/mol. The summed E-state index contributed by atoms with van der Waals surface area (Å²) in [5, 5.41) is 24.5. The molecule has 220 valence electrons. The average Bonchev–Trinajstić information content (AvgIpc) is 2.98. The van der Waals surface area contributed by atoms with Gasteiger partial charge in [0.2, 0.25) is 0 Å². The number of fused-ring (bicyclic) bond motifs is 1. The van der Waals surface area contributed by atoms with Gasteiger partial charge in [0.1, 0.15) is 11.6 Å². The molecule has 0 saturated carbocycles. The van der Waals surface area contributed by atoms with Gasteiger partial charge in [-0.05, 0) is 68.2 Å². The Morgan fingerprint density at radius 2 is 1.67 bits per heavy atom. The summed E-state index contributed by atoms with van der Waals surface area (Å²) in [5.41, 5.74) is 2.84. The topological polar surface area (TPSA) is 88.5 Å². The standard InChI is InChI=1S/C33H37FN4O4/c1-36(2)18-28-32(24-12-9-22(10-13-24)8-11-23-6-4-5-7-27(23)34)29-19-37(20-30(39)31(40)21-38(28)29)33(41)35-25-14-16-26(42-3)17-15-25/h4-7,9-10,12-17,28-32,39-40H,18-21H2,1-3H3,(H,35,41)/t28-,29+,30?,31?,32+/m1/s1. The number of benzene rings is 3. The van der Waals surface area contributed by atoms with E-state index in [2.05, 4.69) is 27.0 Å². The lowest BCUT2D eigenvalue weighted by atomic mass is 9.73. The van der Waals surface area contributed by atoms with Crippen molar-refractivity contribution in [2.24, 2.45) is 0 Å². The molecule has 5 atom stereocenters. The SMILES string of the molecule is COc1ccc(NC(=O)N2CC(O)C(O)CN3[C@H](CN(C)C)[C@H](c4ccc(C#Cc5ccccc5F)cc4)[C@@H]3C2)cc1. The van der Waals surface area contributed by atoms with Crippen LogP contribution >= 0.6 is 0 Å². The number of amides is 2. The Kier molecular flexibility index (Phi) is 9.09. The Balaban J connectivity index is 1.38. The van der Waals surface area contributed by atoms with Gasteiger partial charge >= 0.3 is 6.03 Å². The summed E-state index contributed by atoms with van der Waals surface area (Å²) in [6.45, 7) is 1.47. The molecule has 2 aliphatic heterocycles.